The van der Waals surface area contributed by atoms with Crippen molar-refractivity contribution in [1.29, 1.82) is 0 Å². The second-order valence-electron chi connectivity index (χ2n) is 4.87. The summed E-state index contributed by atoms with van der Waals surface area (Å²) in [6.07, 6.45) is 5.77. The lowest BCUT2D eigenvalue weighted by Gasteiger charge is -2.34. The van der Waals surface area contributed by atoms with Crippen LogP contribution in [-0.2, 0) is 16.0 Å². The lowest BCUT2D eigenvalue weighted by molar-refractivity contribution is -0.141. The van der Waals surface area contributed by atoms with Crippen molar-refractivity contribution in [2.45, 2.75) is 51.5 Å². The molecule has 0 saturated carbocycles. The van der Waals surface area contributed by atoms with E-state index in [2.05, 4.69) is 21.2 Å². The quantitative estimate of drug-likeness (QED) is 0.777. The van der Waals surface area contributed by atoms with E-state index >= 15 is 0 Å². The molecule has 1 fully saturated rings. The minimum Gasteiger partial charge on any atom is -0.469 e. The summed E-state index contributed by atoms with van der Waals surface area (Å²) in [5.74, 6) is 0.778. The van der Waals surface area contributed by atoms with Crippen LogP contribution in [0.5, 0.6) is 0 Å². The first kappa shape index (κ1) is 14.2. The van der Waals surface area contributed by atoms with Crippen LogP contribution in [0.1, 0.15) is 44.9 Å². The minimum atomic E-state index is -0.143. The van der Waals surface area contributed by atoms with Gasteiger partial charge in [-0.2, -0.15) is 4.37 Å². The van der Waals surface area contributed by atoms with E-state index < -0.39 is 0 Å². The Labute approximate surface area is 118 Å². The number of carbonyl (C=O) groups is 1. The van der Waals surface area contributed by atoms with Crippen LogP contribution in [0.2, 0.25) is 0 Å². The zero-order chi connectivity index (χ0) is 13.7. The van der Waals surface area contributed by atoms with Crippen molar-refractivity contribution in [3.63, 3.8) is 0 Å². The molecule has 1 atom stereocenters. The number of aryl methyl sites for hydroxylation is 1. The summed E-state index contributed by atoms with van der Waals surface area (Å²) in [6.45, 7) is 3.09. The van der Waals surface area contributed by atoms with E-state index in [-0.39, 0.29) is 12.0 Å². The van der Waals surface area contributed by atoms with Crippen molar-refractivity contribution >= 4 is 22.6 Å². The molecule has 1 aliphatic heterocycles. The molecule has 2 rings (SSSR count). The van der Waals surface area contributed by atoms with E-state index in [0.29, 0.717) is 6.42 Å². The first-order chi connectivity index (χ1) is 9.24. The Hall–Kier alpha value is -1.17. The maximum atomic E-state index is 11.5. The summed E-state index contributed by atoms with van der Waals surface area (Å²) in [5.41, 5.74) is 0. The summed E-state index contributed by atoms with van der Waals surface area (Å²) < 4.78 is 9.17. The van der Waals surface area contributed by atoms with Crippen LogP contribution < -0.4 is 4.90 Å². The highest BCUT2D eigenvalue weighted by Crippen LogP contribution is 2.28. The molecule has 19 heavy (non-hydrogen) atoms. The Bertz CT molecular complexity index is 422. The van der Waals surface area contributed by atoms with Gasteiger partial charge in [-0.25, -0.2) is 4.98 Å². The highest BCUT2D eigenvalue weighted by molar-refractivity contribution is 7.09. The van der Waals surface area contributed by atoms with Crippen LogP contribution in [0.4, 0.5) is 5.13 Å². The van der Waals surface area contributed by atoms with E-state index in [1.165, 1.54) is 25.1 Å². The molecular weight excluding hydrogens is 262 g/mol. The number of carbonyl (C=O) groups excluding carboxylic acids is 1. The van der Waals surface area contributed by atoms with Crippen molar-refractivity contribution in [3.05, 3.63) is 5.82 Å². The van der Waals surface area contributed by atoms with Gasteiger partial charge in [0, 0.05) is 30.5 Å². The second-order valence-corrected chi connectivity index (χ2v) is 5.60. The van der Waals surface area contributed by atoms with E-state index in [1.807, 2.05) is 0 Å². The number of piperidine rings is 1. The van der Waals surface area contributed by atoms with Crippen LogP contribution in [-0.4, -0.2) is 35.0 Å². The number of esters is 1. The van der Waals surface area contributed by atoms with Gasteiger partial charge in [0.25, 0.3) is 0 Å². The molecule has 1 unspecified atom stereocenters. The molecule has 0 aromatic carbocycles. The molecule has 0 amide bonds. The van der Waals surface area contributed by atoms with Crippen LogP contribution in [0.3, 0.4) is 0 Å². The molecule has 0 bridgehead atoms. The fraction of sp³-hybridized carbons (Fsp3) is 0.769. The van der Waals surface area contributed by atoms with Gasteiger partial charge in [-0.05, 0) is 25.7 Å². The van der Waals surface area contributed by atoms with Crippen LogP contribution in [0, 0.1) is 0 Å². The summed E-state index contributed by atoms with van der Waals surface area (Å²) in [6, 6.07) is 0.212. The van der Waals surface area contributed by atoms with Gasteiger partial charge in [0.2, 0.25) is 5.13 Å². The fourth-order valence-electron chi connectivity index (χ4n) is 2.43. The first-order valence-electron chi connectivity index (χ1n) is 6.90. The van der Waals surface area contributed by atoms with Gasteiger partial charge < -0.3 is 9.64 Å². The molecule has 2 heterocycles. The third kappa shape index (κ3) is 3.65. The van der Waals surface area contributed by atoms with Gasteiger partial charge in [-0.1, -0.05) is 6.92 Å². The number of rotatable bonds is 5. The highest BCUT2D eigenvalue weighted by Gasteiger charge is 2.27. The zero-order valence-corrected chi connectivity index (χ0v) is 12.4. The van der Waals surface area contributed by atoms with Crippen LogP contribution in [0.25, 0.3) is 0 Å². The Balaban J connectivity index is 2.07. The van der Waals surface area contributed by atoms with Gasteiger partial charge >= 0.3 is 5.97 Å². The summed E-state index contributed by atoms with van der Waals surface area (Å²) in [7, 11) is 1.44. The average molecular weight is 283 g/mol. The third-order valence-corrected chi connectivity index (χ3v) is 4.22. The number of nitrogens with zero attached hydrogens (tertiary/aromatic N) is 3. The Kier molecular flexibility index (Phi) is 5.13. The van der Waals surface area contributed by atoms with E-state index in [4.69, 9.17) is 4.74 Å². The highest BCUT2D eigenvalue weighted by atomic mass is 32.1. The Morgan fingerprint density at radius 2 is 2.37 bits per heavy atom. The number of methoxy groups -OCH3 is 1. The number of ether oxygens (including phenoxy) is 1. The molecule has 0 radical (unpaired) electrons. The summed E-state index contributed by atoms with van der Waals surface area (Å²) in [5, 5.41) is 0.956. The summed E-state index contributed by atoms with van der Waals surface area (Å²) >= 11 is 1.45. The monoisotopic (exact) mass is 283 g/mol. The molecule has 0 spiro atoms. The number of anilines is 1. The van der Waals surface area contributed by atoms with Crippen molar-refractivity contribution in [2.75, 3.05) is 18.6 Å². The largest absolute Gasteiger partial charge is 0.469 e. The molecule has 1 aliphatic rings. The molecule has 1 aromatic rings. The van der Waals surface area contributed by atoms with Gasteiger partial charge in [-0.15, -0.1) is 0 Å². The lowest BCUT2D eigenvalue weighted by atomic mass is 10.00. The van der Waals surface area contributed by atoms with Gasteiger partial charge in [0.15, 0.2) is 0 Å². The van der Waals surface area contributed by atoms with E-state index in [9.17, 15) is 4.79 Å². The minimum absolute atomic E-state index is 0.143. The summed E-state index contributed by atoms with van der Waals surface area (Å²) in [4.78, 5) is 18.3. The average Bonchev–Trinajstić information content (AvgIpc) is 2.88. The van der Waals surface area contributed by atoms with Gasteiger partial charge in [0.05, 0.1) is 13.5 Å². The Morgan fingerprint density at radius 1 is 1.53 bits per heavy atom. The molecular formula is C13H21N3O2S. The van der Waals surface area contributed by atoms with Crippen molar-refractivity contribution in [3.8, 4) is 0 Å². The molecule has 1 aromatic heterocycles. The first-order valence-corrected chi connectivity index (χ1v) is 7.68. The molecule has 5 nitrogen and oxygen atoms in total. The molecule has 0 aliphatic carbocycles. The number of aromatic nitrogens is 2. The zero-order valence-electron chi connectivity index (χ0n) is 11.6. The second kappa shape index (κ2) is 6.84. The van der Waals surface area contributed by atoms with Crippen molar-refractivity contribution in [1.82, 2.24) is 9.36 Å². The van der Waals surface area contributed by atoms with Crippen LogP contribution in [0.15, 0.2) is 0 Å². The fourth-order valence-corrected chi connectivity index (χ4v) is 3.24. The van der Waals surface area contributed by atoms with Crippen molar-refractivity contribution < 1.29 is 9.53 Å². The molecule has 1 saturated heterocycles. The molecule has 6 heteroatoms. The molecule has 106 valence electrons. The number of hydrogen-bond donors (Lipinski definition) is 0. The third-order valence-electron chi connectivity index (χ3n) is 3.43. The standard InChI is InChI=1S/C13H21N3O2S/c1-3-6-11-14-13(19-15-11)16-8-5-4-7-10(16)9-12(17)18-2/h10H,3-9H2,1-2H3. The normalized spacial score (nSPS) is 19.5. The van der Waals surface area contributed by atoms with Crippen LogP contribution >= 0.6 is 11.5 Å². The maximum absolute atomic E-state index is 11.5. The van der Waals surface area contributed by atoms with E-state index in [0.717, 1.165) is 43.2 Å². The van der Waals surface area contributed by atoms with Gasteiger partial charge in [-0.3, -0.25) is 4.79 Å². The topological polar surface area (TPSA) is 55.3 Å². The van der Waals surface area contributed by atoms with Crippen molar-refractivity contribution in [2.24, 2.45) is 0 Å². The lowest BCUT2D eigenvalue weighted by Crippen LogP contribution is -2.41. The maximum Gasteiger partial charge on any atom is 0.307 e. The molecule has 0 N–H and O–H groups in total. The van der Waals surface area contributed by atoms with Gasteiger partial charge in [0.1, 0.15) is 5.82 Å². The number of hydrogen-bond acceptors (Lipinski definition) is 6. The van der Waals surface area contributed by atoms with E-state index in [1.54, 1.807) is 0 Å². The predicted octanol–water partition coefficient (Wildman–Crippen LogP) is 2.41. The predicted molar refractivity (Wildman–Crippen MR) is 75.5 cm³/mol. The smallest absolute Gasteiger partial charge is 0.307 e. The Morgan fingerprint density at radius 3 is 3.11 bits per heavy atom. The SMILES string of the molecule is CCCc1nsc(N2CCCCC2CC(=O)OC)n1.